The molecule has 1 saturated carbocycles. The third kappa shape index (κ3) is 1.33. The van der Waals surface area contributed by atoms with E-state index in [2.05, 4.69) is 6.92 Å². The summed E-state index contributed by atoms with van der Waals surface area (Å²) < 4.78 is 4.92. The molecule has 0 aromatic heterocycles. The fourth-order valence-electron chi connectivity index (χ4n) is 3.89. The Morgan fingerprint density at radius 2 is 2.28 bits per heavy atom. The first-order chi connectivity index (χ1) is 8.61. The highest BCUT2D eigenvalue weighted by Crippen LogP contribution is 2.65. The summed E-state index contributed by atoms with van der Waals surface area (Å²) >= 11 is 0. The van der Waals surface area contributed by atoms with Crippen molar-refractivity contribution in [3.63, 3.8) is 0 Å². The first-order valence-electron chi connectivity index (χ1n) is 6.51. The number of ether oxygens (including phenoxy) is 1. The second kappa shape index (κ2) is 3.74. The first-order valence-corrected chi connectivity index (χ1v) is 6.51. The summed E-state index contributed by atoms with van der Waals surface area (Å²) in [5, 5.41) is 9.70. The van der Waals surface area contributed by atoms with E-state index in [-0.39, 0.29) is 23.1 Å². The molecule has 3 nitrogen and oxygen atoms in total. The molecule has 1 fully saturated rings. The van der Waals surface area contributed by atoms with Gasteiger partial charge in [0.25, 0.3) is 0 Å². The lowest BCUT2D eigenvalue weighted by Gasteiger charge is -2.27. The molecular formula is C15H18O3. The van der Waals surface area contributed by atoms with Crippen molar-refractivity contribution in [1.82, 2.24) is 0 Å². The molecule has 0 radical (unpaired) electrons. The maximum absolute atomic E-state index is 11.9. The quantitative estimate of drug-likeness (QED) is 0.774. The van der Waals surface area contributed by atoms with Gasteiger partial charge in [-0.15, -0.1) is 0 Å². The van der Waals surface area contributed by atoms with Crippen LogP contribution in [0.2, 0.25) is 0 Å². The van der Waals surface area contributed by atoms with Crippen molar-refractivity contribution in [2.24, 2.45) is 11.8 Å². The molecular weight excluding hydrogens is 228 g/mol. The van der Waals surface area contributed by atoms with Gasteiger partial charge < -0.3 is 9.84 Å². The Morgan fingerprint density at radius 3 is 3.00 bits per heavy atom. The number of hydrogen-bond donors (Lipinski definition) is 1. The number of methoxy groups -OCH3 is 1. The van der Waals surface area contributed by atoms with Gasteiger partial charge in [-0.2, -0.15) is 0 Å². The predicted molar refractivity (Wildman–Crippen MR) is 67.4 cm³/mol. The Balaban J connectivity index is 2.07. The fraction of sp³-hybridized carbons (Fsp3) is 0.533. The highest BCUT2D eigenvalue weighted by Gasteiger charge is 2.67. The summed E-state index contributed by atoms with van der Waals surface area (Å²) in [6.45, 7) is 2.11. The number of carbonyl (C=O) groups is 1. The molecule has 0 amide bonds. The van der Waals surface area contributed by atoms with Crippen LogP contribution in [0.1, 0.15) is 30.9 Å². The van der Waals surface area contributed by atoms with Crippen LogP contribution in [0.15, 0.2) is 18.2 Å². The van der Waals surface area contributed by atoms with E-state index in [0.717, 1.165) is 24.8 Å². The fourth-order valence-corrected chi connectivity index (χ4v) is 3.89. The molecule has 0 aliphatic heterocycles. The number of benzene rings is 1. The van der Waals surface area contributed by atoms with Crippen LogP contribution in [0.4, 0.5) is 0 Å². The van der Waals surface area contributed by atoms with E-state index >= 15 is 0 Å². The van der Waals surface area contributed by atoms with Crippen LogP contribution in [0.25, 0.3) is 0 Å². The highest BCUT2D eigenvalue weighted by molar-refractivity contribution is 5.80. The third-order valence-electron chi connectivity index (χ3n) is 4.84. The summed E-state index contributed by atoms with van der Waals surface area (Å²) in [5.41, 5.74) is 2.35. The van der Waals surface area contributed by atoms with Crippen LogP contribution >= 0.6 is 0 Å². The van der Waals surface area contributed by atoms with Gasteiger partial charge in [-0.05, 0) is 48.4 Å². The molecule has 3 atom stereocenters. The SMILES string of the molecule is COC(=O)C1C(C)C12CCCc1ccc(O)cc12. The molecule has 2 aliphatic rings. The molecule has 0 saturated heterocycles. The van der Waals surface area contributed by atoms with Gasteiger partial charge in [-0.3, -0.25) is 4.79 Å². The van der Waals surface area contributed by atoms with Crippen LogP contribution in [-0.4, -0.2) is 18.2 Å². The number of esters is 1. The zero-order valence-corrected chi connectivity index (χ0v) is 10.8. The molecule has 0 heterocycles. The number of carbonyl (C=O) groups excluding carboxylic acids is 1. The first kappa shape index (κ1) is 11.6. The molecule has 3 rings (SSSR count). The summed E-state index contributed by atoms with van der Waals surface area (Å²) in [4.78, 5) is 11.9. The van der Waals surface area contributed by atoms with Gasteiger partial charge in [0.2, 0.25) is 0 Å². The van der Waals surface area contributed by atoms with E-state index in [4.69, 9.17) is 4.74 Å². The Kier molecular flexibility index (Phi) is 2.40. The largest absolute Gasteiger partial charge is 0.508 e. The number of phenolic OH excluding ortho intramolecular Hbond substituents is 1. The molecule has 1 N–H and O–H groups in total. The summed E-state index contributed by atoms with van der Waals surface area (Å²) in [6, 6.07) is 5.57. The number of hydrogen-bond acceptors (Lipinski definition) is 3. The Labute approximate surface area is 107 Å². The van der Waals surface area contributed by atoms with Crippen molar-refractivity contribution < 1.29 is 14.6 Å². The van der Waals surface area contributed by atoms with E-state index in [9.17, 15) is 9.90 Å². The molecule has 18 heavy (non-hydrogen) atoms. The molecule has 2 aliphatic carbocycles. The van der Waals surface area contributed by atoms with Crippen LogP contribution in [0, 0.1) is 11.8 Å². The molecule has 1 aromatic carbocycles. The standard InChI is InChI=1S/C15H18O3/c1-9-13(14(17)18-2)15(9)7-3-4-10-5-6-11(16)8-12(10)15/h5-6,8-9,13,16H,3-4,7H2,1-2H3. The second-order valence-corrected chi connectivity index (χ2v) is 5.52. The number of aryl methyl sites for hydroxylation is 1. The molecule has 3 heteroatoms. The monoisotopic (exact) mass is 246 g/mol. The molecule has 96 valence electrons. The molecule has 1 aromatic rings. The molecule has 1 spiro atoms. The van der Waals surface area contributed by atoms with Gasteiger partial charge in [-0.25, -0.2) is 0 Å². The van der Waals surface area contributed by atoms with Gasteiger partial charge >= 0.3 is 5.97 Å². The molecule has 0 bridgehead atoms. The Morgan fingerprint density at radius 1 is 1.50 bits per heavy atom. The second-order valence-electron chi connectivity index (χ2n) is 5.52. The minimum atomic E-state index is -0.112. The number of aromatic hydroxyl groups is 1. The van der Waals surface area contributed by atoms with E-state index in [0.29, 0.717) is 5.92 Å². The zero-order valence-electron chi connectivity index (χ0n) is 10.8. The van der Waals surface area contributed by atoms with Gasteiger partial charge in [0.05, 0.1) is 13.0 Å². The smallest absolute Gasteiger partial charge is 0.309 e. The molecule has 3 unspecified atom stereocenters. The Bertz CT molecular complexity index is 508. The average Bonchev–Trinajstić information content (AvgIpc) is 2.95. The summed E-state index contributed by atoms with van der Waals surface area (Å²) in [7, 11) is 1.45. The van der Waals surface area contributed by atoms with Crippen molar-refractivity contribution in [1.29, 1.82) is 0 Å². The van der Waals surface area contributed by atoms with E-state index < -0.39 is 0 Å². The van der Waals surface area contributed by atoms with E-state index in [1.165, 1.54) is 12.7 Å². The number of rotatable bonds is 1. The van der Waals surface area contributed by atoms with Gasteiger partial charge in [0.15, 0.2) is 0 Å². The van der Waals surface area contributed by atoms with Gasteiger partial charge in [0.1, 0.15) is 5.75 Å². The minimum Gasteiger partial charge on any atom is -0.508 e. The number of phenols is 1. The number of fused-ring (bicyclic) bond motifs is 2. The maximum atomic E-state index is 11.9. The highest BCUT2D eigenvalue weighted by atomic mass is 16.5. The Hall–Kier alpha value is -1.51. The lowest BCUT2D eigenvalue weighted by molar-refractivity contribution is -0.143. The predicted octanol–water partition coefficient (Wildman–Crippen LogP) is 2.41. The summed E-state index contributed by atoms with van der Waals surface area (Å²) in [5.74, 6) is 0.450. The van der Waals surface area contributed by atoms with Crippen LogP contribution in [0.5, 0.6) is 5.75 Å². The van der Waals surface area contributed by atoms with Crippen molar-refractivity contribution in [3.8, 4) is 5.75 Å². The topological polar surface area (TPSA) is 46.5 Å². The van der Waals surface area contributed by atoms with E-state index in [1.807, 2.05) is 12.1 Å². The van der Waals surface area contributed by atoms with Crippen molar-refractivity contribution in [3.05, 3.63) is 29.3 Å². The third-order valence-corrected chi connectivity index (χ3v) is 4.84. The van der Waals surface area contributed by atoms with E-state index in [1.54, 1.807) is 6.07 Å². The maximum Gasteiger partial charge on any atom is 0.309 e. The van der Waals surface area contributed by atoms with Crippen LogP contribution in [-0.2, 0) is 21.4 Å². The average molecular weight is 246 g/mol. The minimum absolute atomic E-state index is 0.0386. The summed E-state index contributed by atoms with van der Waals surface area (Å²) in [6.07, 6.45) is 3.16. The van der Waals surface area contributed by atoms with Gasteiger partial charge in [-0.1, -0.05) is 13.0 Å². The van der Waals surface area contributed by atoms with Crippen LogP contribution < -0.4 is 0 Å². The van der Waals surface area contributed by atoms with Crippen molar-refractivity contribution in [2.45, 2.75) is 31.6 Å². The lowest BCUT2D eigenvalue weighted by atomic mass is 9.77. The van der Waals surface area contributed by atoms with Crippen molar-refractivity contribution >= 4 is 5.97 Å². The van der Waals surface area contributed by atoms with Crippen LogP contribution in [0.3, 0.4) is 0 Å². The normalized spacial score (nSPS) is 33.0. The lowest BCUT2D eigenvalue weighted by Crippen LogP contribution is -2.22. The van der Waals surface area contributed by atoms with Gasteiger partial charge in [0, 0.05) is 5.41 Å². The van der Waals surface area contributed by atoms with Crippen molar-refractivity contribution in [2.75, 3.05) is 7.11 Å². The zero-order chi connectivity index (χ0) is 12.9.